The Morgan fingerprint density at radius 1 is 1.17 bits per heavy atom. The molecule has 0 unspecified atom stereocenters. The van der Waals surface area contributed by atoms with Gasteiger partial charge in [-0.2, -0.15) is 11.8 Å². The normalized spacial score (nSPS) is 19.8. The van der Waals surface area contributed by atoms with Gasteiger partial charge in [0, 0.05) is 42.6 Å². The van der Waals surface area contributed by atoms with E-state index in [1.807, 2.05) is 0 Å². The van der Waals surface area contributed by atoms with Gasteiger partial charge in [-0.05, 0) is 30.7 Å². The number of carboxylic acid groups (broad SMARTS) is 1. The van der Waals surface area contributed by atoms with Crippen LogP contribution in [-0.2, 0) is 14.4 Å². The highest BCUT2D eigenvalue weighted by molar-refractivity contribution is 7.99. The summed E-state index contributed by atoms with van der Waals surface area (Å²) in [6.07, 6.45) is 3.02. The van der Waals surface area contributed by atoms with Crippen LogP contribution < -0.4 is 10.5 Å². The van der Waals surface area contributed by atoms with Gasteiger partial charge in [0.1, 0.15) is 24.7 Å². The van der Waals surface area contributed by atoms with E-state index < -0.39 is 17.9 Å². The molecule has 11 nitrogen and oxygen atoms in total. The van der Waals surface area contributed by atoms with Gasteiger partial charge in [0.2, 0.25) is 11.8 Å². The fourth-order valence-corrected chi connectivity index (χ4v) is 5.19. The van der Waals surface area contributed by atoms with Crippen molar-refractivity contribution in [3.8, 4) is 17.1 Å². The number of rotatable bonds is 9. The molecule has 0 bridgehead atoms. The Labute approximate surface area is 212 Å². The number of aromatic nitrogens is 2. The zero-order valence-corrected chi connectivity index (χ0v) is 20.4. The van der Waals surface area contributed by atoms with E-state index in [0.29, 0.717) is 36.6 Å². The molecule has 0 saturated carbocycles. The maximum Gasteiger partial charge on any atom is 0.304 e. The van der Waals surface area contributed by atoms with Gasteiger partial charge < -0.3 is 25.4 Å². The Morgan fingerprint density at radius 2 is 1.83 bits per heavy atom. The number of likely N-dealkylation sites (tertiary alicyclic amines) is 1. The van der Waals surface area contributed by atoms with Gasteiger partial charge in [0.05, 0.1) is 23.9 Å². The molecule has 2 atom stereocenters. The second kappa shape index (κ2) is 11.4. The Morgan fingerprint density at radius 3 is 2.44 bits per heavy atom. The Kier molecular flexibility index (Phi) is 8.04. The van der Waals surface area contributed by atoms with Gasteiger partial charge in [0.25, 0.3) is 0 Å². The molecule has 12 heteroatoms. The van der Waals surface area contributed by atoms with E-state index in [1.165, 1.54) is 17.3 Å². The molecular weight excluding hydrogens is 484 g/mol. The predicted octanol–water partition coefficient (Wildman–Crippen LogP) is 1.07. The number of amides is 2. The molecule has 2 aromatic rings. The first kappa shape index (κ1) is 25.4. The van der Waals surface area contributed by atoms with Crippen molar-refractivity contribution >= 4 is 35.4 Å². The van der Waals surface area contributed by atoms with E-state index in [9.17, 15) is 19.5 Å². The molecule has 1 aromatic heterocycles. The van der Waals surface area contributed by atoms with Gasteiger partial charge in [0.15, 0.2) is 5.82 Å². The molecule has 3 heterocycles. The van der Waals surface area contributed by atoms with Crippen LogP contribution in [0.5, 0.6) is 5.75 Å². The van der Waals surface area contributed by atoms with Crippen LogP contribution in [0.4, 0.5) is 0 Å². The second-order valence-corrected chi connectivity index (χ2v) is 9.91. The highest BCUT2D eigenvalue weighted by atomic mass is 32.2. The van der Waals surface area contributed by atoms with Gasteiger partial charge in [-0.25, -0.2) is 9.97 Å². The summed E-state index contributed by atoms with van der Waals surface area (Å²) in [4.78, 5) is 48.7. The molecule has 190 valence electrons. The summed E-state index contributed by atoms with van der Waals surface area (Å²) in [5.41, 5.74) is 6.62. The van der Waals surface area contributed by atoms with E-state index >= 15 is 0 Å². The molecule has 36 heavy (non-hydrogen) atoms. The summed E-state index contributed by atoms with van der Waals surface area (Å²) in [5, 5.41) is 16.6. The van der Waals surface area contributed by atoms with Crippen molar-refractivity contribution < 1.29 is 24.2 Å². The van der Waals surface area contributed by atoms with Crippen LogP contribution in [0.1, 0.15) is 18.4 Å². The van der Waals surface area contributed by atoms with Gasteiger partial charge in [-0.1, -0.05) is 0 Å². The number of nitrogens with one attached hydrogen (secondary N) is 1. The number of benzene rings is 1. The van der Waals surface area contributed by atoms with Crippen LogP contribution in [0.15, 0.2) is 36.7 Å². The number of hydrogen-bond donors (Lipinski definition) is 3. The Balaban J connectivity index is 1.40. The number of nitrogen functional groups attached to an aromatic ring is 1. The molecule has 0 aliphatic carbocycles. The highest BCUT2D eigenvalue weighted by Crippen LogP contribution is 2.29. The summed E-state index contributed by atoms with van der Waals surface area (Å²) in [5.74, 6) is 0.537. The maximum atomic E-state index is 12.9. The number of hydrogen-bond acceptors (Lipinski definition) is 8. The lowest BCUT2D eigenvalue weighted by Gasteiger charge is -2.30. The van der Waals surface area contributed by atoms with Crippen molar-refractivity contribution in [3.05, 3.63) is 42.2 Å². The molecule has 2 amide bonds. The number of aliphatic carboxylic acids is 1. The number of nitrogens with zero attached hydrogens (tertiary/aromatic N) is 4. The first-order valence-corrected chi connectivity index (χ1v) is 12.7. The summed E-state index contributed by atoms with van der Waals surface area (Å²) in [6, 6.07) is 6.70. The molecule has 0 radical (unpaired) electrons. The molecule has 4 rings (SSSR count). The number of thioether (sulfide) groups is 1. The van der Waals surface area contributed by atoms with Crippen molar-refractivity contribution in [2.45, 2.75) is 18.9 Å². The monoisotopic (exact) mass is 512 g/mol. The Hall–Kier alpha value is -3.67. The van der Waals surface area contributed by atoms with E-state index in [4.69, 9.17) is 15.9 Å². The number of ether oxygens (including phenoxy) is 1. The lowest BCUT2D eigenvalue weighted by Crippen LogP contribution is -2.47. The molecule has 0 spiro atoms. The van der Waals surface area contributed by atoms with E-state index in [2.05, 4.69) is 9.97 Å². The topological polar surface area (TPSA) is 163 Å². The zero-order chi connectivity index (χ0) is 25.7. The third kappa shape index (κ3) is 6.11. The fraction of sp³-hybridized carbons (Fsp3) is 0.417. The number of carboxylic acids is 1. The molecule has 2 aliphatic heterocycles. The van der Waals surface area contributed by atoms with Gasteiger partial charge >= 0.3 is 5.97 Å². The smallest absolute Gasteiger partial charge is 0.304 e. The number of carbonyl (C=O) groups is 3. The van der Waals surface area contributed by atoms with Crippen LogP contribution in [0.25, 0.3) is 11.4 Å². The van der Waals surface area contributed by atoms with E-state index in [-0.39, 0.29) is 37.2 Å². The SMILES string of the molecule is N=C(N)c1cnc(-c2ccc(OC[C@@H]3C[C@@H](CC(=O)O)C(=O)N3CC(=O)N3CCSCC3)cc2)nc1. The standard InChI is InChI=1S/C24H28N6O5S/c25-22(26)17-11-27-23(28-12-17)15-1-3-19(4-2-15)35-14-18-9-16(10-21(32)33)24(34)30(18)13-20(31)29-5-7-36-8-6-29/h1-4,11-12,16,18H,5-10,13-14H2,(H3,25,26)(H,32,33)/t16-,18-/m0/s1. The third-order valence-electron chi connectivity index (χ3n) is 6.24. The predicted molar refractivity (Wildman–Crippen MR) is 134 cm³/mol. The summed E-state index contributed by atoms with van der Waals surface area (Å²) in [6.45, 7) is 1.38. The number of amidine groups is 1. The van der Waals surface area contributed by atoms with Crippen LogP contribution in [0, 0.1) is 11.3 Å². The minimum absolute atomic E-state index is 0.0693. The van der Waals surface area contributed by atoms with Crippen LogP contribution in [0.3, 0.4) is 0 Å². The van der Waals surface area contributed by atoms with E-state index in [1.54, 1.807) is 40.9 Å². The molecule has 1 aromatic carbocycles. The Bertz CT molecular complexity index is 1120. The van der Waals surface area contributed by atoms with Gasteiger partial charge in [-0.3, -0.25) is 19.8 Å². The molecule has 4 N–H and O–H groups in total. The van der Waals surface area contributed by atoms with Crippen LogP contribution in [-0.4, -0.2) is 92.3 Å². The van der Waals surface area contributed by atoms with Crippen LogP contribution in [0.2, 0.25) is 0 Å². The molecular formula is C24H28N6O5S. The van der Waals surface area contributed by atoms with Crippen molar-refractivity contribution in [1.82, 2.24) is 19.8 Å². The highest BCUT2D eigenvalue weighted by Gasteiger charge is 2.42. The first-order chi connectivity index (χ1) is 17.3. The molecule has 2 fully saturated rings. The summed E-state index contributed by atoms with van der Waals surface area (Å²) >= 11 is 1.79. The lowest BCUT2D eigenvalue weighted by atomic mass is 10.0. The maximum absolute atomic E-state index is 12.9. The molecule has 2 saturated heterocycles. The fourth-order valence-electron chi connectivity index (χ4n) is 4.28. The lowest BCUT2D eigenvalue weighted by molar-refractivity contribution is -0.144. The minimum Gasteiger partial charge on any atom is -0.491 e. The average Bonchev–Trinajstić information content (AvgIpc) is 3.17. The van der Waals surface area contributed by atoms with Crippen molar-refractivity contribution in [3.63, 3.8) is 0 Å². The van der Waals surface area contributed by atoms with E-state index in [0.717, 1.165) is 17.1 Å². The van der Waals surface area contributed by atoms with Crippen molar-refractivity contribution in [2.75, 3.05) is 37.7 Å². The number of nitrogens with two attached hydrogens (primary N) is 1. The third-order valence-corrected chi connectivity index (χ3v) is 7.18. The minimum atomic E-state index is -1.04. The van der Waals surface area contributed by atoms with Crippen molar-refractivity contribution in [1.29, 1.82) is 5.41 Å². The second-order valence-electron chi connectivity index (χ2n) is 8.69. The average molecular weight is 513 g/mol. The summed E-state index contributed by atoms with van der Waals surface area (Å²) < 4.78 is 5.94. The van der Waals surface area contributed by atoms with Crippen LogP contribution >= 0.6 is 11.8 Å². The first-order valence-electron chi connectivity index (χ1n) is 11.6. The quantitative estimate of drug-likeness (QED) is 0.329. The molecule has 2 aliphatic rings. The zero-order valence-electron chi connectivity index (χ0n) is 19.6. The van der Waals surface area contributed by atoms with Gasteiger partial charge in [-0.15, -0.1) is 0 Å². The number of carbonyl (C=O) groups excluding carboxylic acids is 2. The van der Waals surface area contributed by atoms with Crippen molar-refractivity contribution in [2.24, 2.45) is 11.7 Å². The largest absolute Gasteiger partial charge is 0.491 e. The summed E-state index contributed by atoms with van der Waals surface area (Å²) in [7, 11) is 0.